The maximum atomic E-state index is 12.7. The van der Waals surface area contributed by atoms with Crippen LogP contribution in [0, 0.1) is 0 Å². The Balaban J connectivity index is 2.25. The Labute approximate surface area is 110 Å². The maximum absolute atomic E-state index is 12.7. The first kappa shape index (κ1) is 14.0. The average molecular weight is 274 g/mol. The van der Waals surface area contributed by atoms with Crippen molar-refractivity contribution in [1.29, 1.82) is 0 Å². The van der Waals surface area contributed by atoms with Crippen LogP contribution in [0.1, 0.15) is 25.5 Å². The van der Waals surface area contributed by atoms with Crippen LogP contribution in [-0.2, 0) is 6.18 Å². The Bertz CT molecular complexity index is 416. The largest absolute Gasteiger partial charge is 0.433 e. The number of halogens is 3. The van der Waals surface area contributed by atoms with Crippen LogP contribution in [-0.4, -0.2) is 35.6 Å². The highest BCUT2D eigenvalue weighted by Crippen LogP contribution is 2.28. The molecular formula is C12H17F3N4. The molecule has 1 aliphatic rings. The van der Waals surface area contributed by atoms with E-state index in [4.69, 9.17) is 0 Å². The average Bonchev–Trinajstić information content (AvgIpc) is 2.88. The lowest BCUT2D eigenvalue weighted by molar-refractivity contribution is -0.141. The number of nitrogens with one attached hydrogen (secondary N) is 1. The third-order valence-corrected chi connectivity index (χ3v) is 3.13. The molecule has 0 bridgehead atoms. The second-order valence-electron chi connectivity index (χ2n) is 4.58. The minimum Gasteiger partial charge on any atom is -0.337 e. The fourth-order valence-electron chi connectivity index (χ4n) is 2.24. The first-order valence-corrected chi connectivity index (χ1v) is 6.40. The van der Waals surface area contributed by atoms with E-state index in [1.807, 2.05) is 11.8 Å². The van der Waals surface area contributed by atoms with E-state index >= 15 is 0 Å². The highest BCUT2D eigenvalue weighted by molar-refractivity contribution is 5.33. The summed E-state index contributed by atoms with van der Waals surface area (Å²) in [6, 6.07) is 1.07. The van der Waals surface area contributed by atoms with Crippen LogP contribution in [0.15, 0.2) is 12.3 Å². The quantitative estimate of drug-likeness (QED) is 0.912. The minimum atomic E-state index is -4.43. The molecule has 2 rings (SSSR count). The summed E-state index contributed by atoms with van der Waals surface area (Å²) in [7, 11) is 0. The highest BCUT2D eigenvalue weighted by Gasteiger charge is 2.34. The summed E-state index contributed by atoms with van der Waals surface area (Å²) in [6.45, 7) is 4.29. The van der Waals surface area contributed by atoms with Gasteiger partial charge in [0.25, 0.3) is 0 Å². The zero-order valence-electron chi connectivity index (χ0n) is 10.7. The molecular weight excluding hydrogens is 257 g/mol. The van der Waals surface area contributed by atoms with Gasteiger partial charge in [-0.15, -0.1) is 0 Å². The van der Waals surface area contributed by atoms with Crippen molar-refractivity contribution in [3.05, 3.63) is 18.0 Å². The Morgan fingerprint density at radius 2 is 2.26 bits per heavy atom. The number of hydrogen-bond donors (Lipinski definition) is 1. The van der Waals surface area contributed by atoms with E-state index in [1.165, 1.54) is 6.20 Å². The fourth-order valence-corrected chi connectivity index (χ4v) is 2.24. The van der Waals surface area contributed by atoms with Crippen molar-refractivity contribution in [3.63, 3.8) is 0 Å². The van der Waals surface area contributed by atoms with E-state index in [9.17, 15) is 13.2 Å². The fraction of sp³-hybridized carbons (Fsp3) is 0.667. The van der Waals surface area contributed by atoms with Gasteiger partial charge in [0, 0.05) is 25.3 Å². The van der Waals surface area contributed by atoms with Crippen molar-refractivity contribution in [2.45, 2.75) is 32.0 Å². The zero-order chi connectivity index (χ0) is 13.9. The molecule has 19 heavy (non-hydrogen) atoms. The lowest BCUT2D eigenvalue weighted by Gasteiger charge is -2.28. The first-order chi connectivity index (χ1) is 9.02. The predicted molar refractivity (Wildman–Crippen MR) is 65.9 cm³/mol. The van der Waals surface area contributed by atoms with Gasteiger partial charge >= 0.3 is 6.18 Å². The maximum Gasteiger partial charge on any atom is 0.433 e. The first-order valence-electron chi connectivity index (χ1n) is 6.40. The van der Waals surface area contributed by atoms with Crippen LogP contribution in [0.5, 0.6) is 0 Å². The summed E-state index contributed by atoms with van der Waals surface area (Å²) in [5.41, 5.74) is -0.885. The third-order valence-electron chi connectivity index (χ3n) is 3.13. The number of rotatable bonds is 4. The van der Waals surface area contributed by atoms with Crippen molar-refractivity contribution < 1.29 is 13.2 Å². The number of alkyl halides is 3. The second kappa shape index (κ2) is 5.73. The van der Waals surface area contributed by atoms with E-state index in [0.717, 1.165) is 32.0 Å². The van der Waals surface area contributed by atoms with E-state index in [-0.39, 0.29) is 12.0 Å². The molecule has 1 N–H and O–H groups in total. The van der Waals surface area contributed by atoms with Crippen LogP contribution in [0.4, 0.5) is 19.1 Å². The van der Waals surface area contributed by atoms with Crippen LogP contribution >= 0.6 is 0 Å². The summed E-state index contributed by atoms with van der Waals surface area (Å²) in [5, 5.41) is 3.21. The molecule has 1 aromatic rings. The smallest absolute Gasteiger partial charge is 0.337 e. The van der Waals surface area contributed by atoms with Crippen LogP contribution in [0.3, 0.4) is 0 Å². The molecule has 106 valence electrons. The molecule has 1 atom stereocenters. The van der Waals surface area contributed by atoms with Gasteiger partial charge < -0.3 is 10.2 Å². The van der Waals surface area contributed by atoms with Gasteiger partial charge in [0.05, 0.1) is 0 Å². The van der Waals surface area contributed by atoms with Crippen molar-refractivity contribution in [2.24, 2.45) is 0 Å². The molecule has 7 heteroatoms. The number of nitrogens with zero attached hydrogens (tertiary/aromatic N) is 3. The predicted octanol–water partition coefficient (Wildman–Crippen LogP) is 2.07. The van der Waals surface area contributed by atoms with E-state index < -0.39 is 11.9 Å². The molecule has 0 aliphatic carbocycles. The summed E-state index contributed by atoms with van der Waals surface area (Å²) < 4.78 is 38.0. The molecule has 4 nitrogen and oxygen atoms in total. The molecule has 0 saturated carbocycles. The van der Waals surface area contributed by atoms with Crippen molar-refractivity contribution in [2.75, 3.05) is 24.5 Å². The molecule has 0 spiro atoms. The van der Waals surface area contributed by atoms with Gasteiger partial charge in [-0.2, -0.15) is 13.2 Å². The van der Waals surface area contributed by atoms with Gasteiger partial charge in [-0.05, 0) is 25.5 Å². The zero-order valence-corrected chi connectivity index (χ0v) is 10.7. The van der Waals surface area contributed by atoms with Crippen LogP contribution < -0.4 is 10.2 Å². The van der Waals surface area contributed by atoms with E-state index in [1.54, 1.807) is 0 Å². The number of anilines is 1. The Morgan fingerprint density at radius 1 is 1.47 bits per heavy atom. The molecule has 1 aliphatic heterocycles. The molecule has 1 fully saturated rings. The highest BCUT2D eigenvalue weighted by atomic mass is 19.4. The topological polar surface area (TPSA) is 41.1 Å². The molecule has 2 heterocycles. The van der Waals surface area contributed by atoms with Gasteiger partial charge in [0.15, 0.2) is 0 Å². The number of aromatic nitrogens is 2. The number of hydrogen-bond acceptors (Lipinski definition) is 4. The SMILES string of the molecule is CCCN(c1nccc(C(F)(F)F)n1)C1CCNC1. The summed E-state index contributed by atoms with van der Waals surface area (Å²) >= 11 is 0. The van der Waals surface area contributed by atoms with Crippen molar-refractivity contribution in [3.8, 4) is 0 Å². The molecule has 1 saturated heterocycles. The Kier molecular flexibility index (Phi) is 4.24. The second-order valence-corrected chi connectivity index (χ2v) is 4.58. The van der Waals surface area contributed by atoms with Crippen molar-refractivity contribution >= 4 is 5.95 Å². The monoisotopic (exact) mass is 274 g/mol. The molecule has 1 aromatic heterocycles. The molecule has 0 aromatic carbocycles. The van der Waals surface area contributed by atoms with Gasteiger partial charge in [-0.3, -0.25) is 0 Å². The molecule has 0 amide bonds. The van der Waals surface area contributed by atoms with E-state index in [0.29, 0.717) is 6.54 Å². The van der Waals surface area contributed by atoms with E-state index in [2.05, 4.69) is 15.3 Å². The standard InChI is InChI=1S/C12H17F3N4/c1-2-7-19(9-3-5-16-8-9)11-17-6-4-10(18-11)12(13,14)15/h4,6,9,16H,2-3,5,7-8H2,1H3. The summed E-state index contributed by atoms with van der Waals surface area (Å²) in [4.78, 5) is 9.54. The molecule has 1 unspecified atom stereocenters. The third kappa shape index (κ3) is 3.34. The van der Waals surface area contributed by atoms with Crippen LogP contribution in [0.25, 0.3) is 0 Å². The Morgan fingerprint density at radius 3 is 2.84 bits per heavy atom. The minimum absolute atomic E-state index is 0.170. The van der Waals surface area contributed by atoms with Gasteiger partial charge in [0.1, 0.15) is 5.69 Å². The normalized spacial score (nSPS) is 19.7. The van der Waals surface area contributed by atoms with Gasteiger partial charge in [0.2, 0.25) is 5.95 Å². The lowest BCUT2D eigenvalue weighted by atomic mass is 10.2. The van der Waals surface area contributed by atoms with Gasteiger partial charge in [-0.25, -0.2) is 9.97 Å². The molecule has 0 radical (unpaired) electrons. The lowest BCUT2D eigenvalue weighted by Crippen LogP contribution is -2.39. The summed E-state index contributed by atoms with van der Waals surface area (Å²) in [6.07, 6.45) is -1.50. The van der Waals surface area contributed by atoms with Crippen molar-refractivity contribution in [1.82, 2.24) is 15.3 Å². The van der Waals surface area contributed by atoms with Crippen LogP contribution in [0.2, 0.25) is 0 Å². The Hall–Kier alpha value is -1.37. The van der Waals surface area contributed by atoms with Gasteiger partial charge in [-0.1, -0.05) is 6.92 Å². The summed E-state index contributed by atoms with van der Waals surface area (Å²) in [5.74, 6) is 0.172.